The van der Waals surface area contributed by atoms with E-state index >= 15 is 0 Å². The highest BCUT2D eigenvalue weighted by Crippen LogP contribution is 2.68. The van der Waals surface area contributed by atoms with Crippen molar-refractivity contribution in [1.82, 2.24) is 4.98 Å². The molecular weight excluding hydrogens is 471 g/mol. The third-order valence-corrected chi connectivity index (χ3v) is 10.9. The number of amides is 2. The molecule has 3 heterocycles. The second kappa shape index (κ2) is 7.15. The zero-order valence-corrected chi connectivity index (χ0v) is 19.9. The van der Waals surface area contributed by atoms with Crippen molar-refractivity contribution in [2.24, 2.45) is 29.6 Å². The molecule has 7 rings (SSSR count). The van der Waals surface area contributed by atoms with Gasteiger partial charge in [0.25, 0.3) is 0 Å². The standard InChI is InChI=1S/C26H21FN2O3S2/c1-11-4-2-3-5-14(11)17-18-15-10-16(21(18)33-23-22(17)34-26(32)28-23)20-19(15)24(30)29(25(20)31)13-8-6-12(27)7-9-13/h2-9,15-21H,10H2,1H3,(H,28,32)/t15-,16+,17+,18+,19-,20+,21-/m1/s1. The van der Waals surface area contributed by atoms with Crippen LogP contribution in [0, 0.1) is 42.3 Å². The molecule has 4 aliphatic rings. The highest BCUT2D eigenvalue weighted by Gasteiger charge is 2.69. The first-order valence-electron chi connectivity index (χ1n) is 11.5. The van der Waals surface area contributed by atoms with Gasteiger partial charge in [-0.15, -0.1) is 11.8 Å². The van der Waals surface area contributed by atoms with E-state index in [9.17, 15) is 18.8 Å². The second-order valence-corrected chi connectivity index (χ2v) is 12.0. The van der Waals surface area contributed by atoms with Crippen LogP contribution in [0.4, 0.5) is 10.1 Å². The van der Waals surface area contributed by atoms with Crippen molar-refractivity contribution in [3.8, 4) is 0 Å². The highest BCUT2D eigenvalue weighted by atomic mass is 32.2. The molecule has 34 heavy (non-hydrogen) atoms. The van der Waals surface area contributed by atoms with Crippen LogP contribution in [0.1, 0.15) is 28.3 Å². The maximum absolute atomic E-state index is 13.7. The minimum Gasteiger partial charge on any atom is -0.307 e. The van der Waals surface area contributed by atoms with E-state index in [0.29, 0.717) is 5.69 Å². The van der Waals surface area contributed by atoms with Crippen molar-refractivity contribution < 1.29 is 14.0 Å². The number of anilines is 1. The molecule has 0 radical (unpaired) electrons. The Bertz CT molecular complexity index is 1410. The number of thiazole rings is 1. The number of aromatic nitrogens is 1. The number of imide groups is 1. The van der Waals surface area contributed by atoms with Gasteiger partial charge in [-0.3, -0.25) is 19.3 Å². The third-order valence-electron chi connectivity index (χ3n) is 8.33. The van der Waals surface area contributed by atoms with Crippen LogP contribution in [0.2, 0.25) is 0 Å². The normalized spacial score (nSPS) is 33.2. The van der Waals surface area contributed by atoms with Crippen molar-refractivity contribution in [3.63, 3.8) is 0 Å². The van der Waals surface area contributed by atoms with Crippen LogP contribution in [-0.4, -0.2) is 22.0 Å². The number of nitrogens with one attached hydrogen (secondary N) is 1. The lowest BCUT2D eigenvalue weighted by Gasteiger charge is -2.43. The minimum atomic E-state index is -0.397. The molecule has 1 aromatic heterocycles. The SMILES string of the molecule is Cc1ccccc1[C@@H]1c2sc(=O)[nH]c2S[C@@H]2[C@H]3C[C@@H]([C@H]4C(=O)N(c5ccc(F)cc5)C(=O)[C@@H]34)[C@@H]12. The average Bonchev–Trinajstić information content (AvgIpc) is 3.54. The topological polar surface area (TPSA) is 70.2 Å². The summed E-state index contributed by atoms with van der Waals surface area (Å²) in [5, 5.41) is 1.08. The maximum atomic E-state index is 13.7. The van der Waals surface area contributed by atoms with Crippen molar-refractivity contribution in [2.45, 2.75) is 29.5 Å². The number of carbonyl (C=O) groups is 2. The van der Waals surface area contributed by atoms with Crippen LogP contribution in [0.15, 0.2) is 58.4 Å². The van der Waals surface area contributed by atoms with E-state index < -0.39 is 5.82 Å². The molecular formula is C26H21FN2O3S2. The van der Waals surface area contributed by atoms with Crippen LogP contribution in [0.25, 0.3) is 0 Å². The van der Waals surface area contributed by atoms with Crippen LogP contribution < -0.4 is 9.77 Å². The fourth-order valence-electron chi connectivity index (χ4n) is 7.15. The first kappa shape index (κ1) is 20.6. The monoisotopic (exact) mass is 492 g/mol. The number of rotatable bonds is 2. The minimum absolute atomic E-state index is 0.0325. The summed E-state index contributed by atoms with van der Waals surface area (Å²) < 4.78 is 13.5. The first-order chi connectivity index (χ1) is 16.4. The quantitative estimate of drug-likeness (QED) is 0.533. The first-order valence-corrected chi connectivity index (χ1v) is 13.2. The Balaban J connectivity index is 1.34. The molecule has 2 saturated carbocycles. The Morgan fingerprint density at radius 3 is 2.41 bits per heavy atom. The van der Waals surface area contributed by atoms with Gasteiger partial charge in [-0.05, 0) is 66.5 Å². The Morgan fingerprint density at radius 1 is 0.971 bits per heavy atom. The van der Waals surface area contributed by atoms with Gasteiger partial charge < -0.3 is 4.98 Å². The van der Waals surface area contributed by atoms with Crippen LogP contribution in [0.5, 0.6) is 0 Å². The molecule has 1 saturated heterocycles. The summed E-state index contributed by atoms with van der Waals surface area (Å²) in [6.45, 7) is 2.09. The molecule has 2 aliphatic carbocycles. The van der Waals surface area contributed by atoms with Gasteiger partial charge in [-0.2, -0.15) is 0 Å². The van der Waals surface area contributed by atoms with Gasteiger partial charge in [0.15, 0.2) is 0 Å². The Labute approximate surface area is 203 Å². The molecule has 8 heteroatoms. The Hall–Kier alpha value is -2.71. The number of nitrogens with zero attached hydrogens (tertiary/aromatic N) is 1. The van der Waals surface area contributed by atoms with Crippen LogP contribution in [0.3, 0.4) is 0 Å². The number of aromatic amines is 1. The smallest absolute Gasteiger partial charge is 0.305 e. The fraction of sp³-hybridized carbons (Fsp3) is 0.346. The van der Waals surface area contributed by atoms with E-state index in [1.807, 2.05) is 12.1 Å². The van der Waals surface area contributed by atoms with Crippen molar-refractivity contribution >= 4 is 40.6 Å². The third kappa shape index (κ3) is 2.64. The number of benzene rings is 2. The van der Waals surface area contributed by atoms with Crippen LogP contribution in [-0.2, 0) is 9.59 Å². The number of carbonyl (C=O) groups excluding carboxylic acids is 2. The lowest BCUT2D eigenvalue weighted by atomic mass is 9.67. The Kier molecular flexibility index (Phi) is 4.34. The summed E-state index contributed by atoms with van der Waals surface area (Å²) in [6, 6.07) is 13.9. The van der Waals surface area contributed by atoms with Gasteiger partial charge in [-0.25, -0.2) is 4.39 Å². The van der Waals surface area contributed by atoms with Gasteiger partial charge in [0.2, 0.25) is 11.8 Å². The van der Waals surface area contributed by atoms with E-state index in [0.717, 1.165) is 16.3 Å². The number of H-pyrrole nitrogens is 1. The van der Waals surface area contributed by atoms with Gasteiger partial charge >= 0.3 is 4.87 Å². The molecule has 1 N–H and O–H groups in total. The van der Waals surface area contributed by atoms with Gasteiger partial charge in [0.1, 0.15) is 5.82 Å². The lowest BCUT2D eigenvalue weighted by Crippen LogP contribution is -2.42. The molecule has 3 aromatic rings. The number of halogens is 1. The molecule has 2 aliphatic heterocycles. The van der Waals surface area contributed by atoms with Gasteiger partial charge in [-0.1, -0.05) is 35.6 Å². The molecule has 0 unspecified atom stereocenters. The summed E-state index contributed by atoms with van der Waals surface area (Å²) in [5.74, 6) is -1.05. The van der Waals surface area contributed by atoms with Crippen molar-refractivity contribution in [2.75, 3.05) is 4.90 Å². The molecule has 172 valence electrons. The average molecular weight is 493 g/mol. The Morgan fingerprint density at radius 2 is 1.68 bits per heavy atom. The number of fused-ring (bicyclic) bond motifs is 9. The largest absolute Gasteiger partial charge is 0.307 e. The lowest BCUT2D eigenvalue weighted by molar-refractivity contribution is -0.123. The van der Waals surface area contributed by atoms with Crippen molar-refractivity contribution in [3.05, 3.63) is 80.0 Å². The van der Waals surface area contributed by atoms with E-state index in [-0.39, 0.29) is 57.4 Å². The molecule has 2 amide bonds. The van der Waals surface area contributed by atoms with Gasteiger partial charge in [0.05, 0.1) is 22.5 Å². The fourth-order valence-corrected chi connectivity index (χ4v) is 10.0. The maximum Gasteiger partial charge on any atom is 0.305 e. The molecule has 7 atom stereocenters. The number of aryl methyl sites for hydroxylation is 1. The molecule has 3 fully saturated rings. The summed E-state index contributed by atoms with van der Waals surface area (Å²) in [5.41, 5.74) is 2.82. The molecule has 2 bridgehead atoms. The summed E-state index contributed by atoms with van der Waals surface area (Å²) >= 11 is 2.96. The summed E-state index contributed by atoms with van der Waals surface area (Å²) in [4.78, 5) is 44.9. The zero-order valence-electron chi connectivity index (χ0n) is 18.2. The summed E-state index contributed by atoms with van der Waals surface area (Å²) in [7, 11) is 0. The summed E-state index contributed by atoms with van der Waals surface area (Å²) in [6.07, 6.45) is 0.855. The molecule has 2 aromatic carbocycles. The number of hydrogen-bond acceptors (Lipinski definition) is 5. The van der Waals surface area contributed by atoms with E-state index in [2.05, 4.69) is 24.0 Å². The molecule has 0 spiro atoms. The predicted octanol–water partition coefficient (Wildman–Crippen LogP) is 4.56. The van der Waals surface area contributed by atoms with Crippen molar-refractivity contribution in [1.29, 1.82) is 0 Å². The second-order valence-electron chi connectivity index (χ2n) is 9.81. The van der Waals surface area contributed by atoms with E-state index in [4.69, 9.17) is 0 Å². The highest BCUT2D eigenvalue weighted by molar-refractivity contribution is 8.00. The predicted molar refractivity (Wildman–Crippen MR) is 129 cm³/mol. The van der Waals surface area contributed by atoms with E-state index in [1.54, 1.807) is 11.8 Å². The zero-order chi connectivity index (χ0) is 23.3. The van der Waals surface area contributed by atoms with Gasteiger partial charge in [0, 0.05) is 16.0 Å². The van der Waals surface area contributed by atoms with E-state index in [1.165, 1.54) is 51.6 Å². The number of hydrogen-bond donors (Lipinski definition) is 1. The number of thioether (sulfide) groups is 1. The van der Waals surface area contributed by atoms with Crippen LogP contribution >= 0.6 is 23.1 Å². The molecule has 5 nitrogen and oxygen atoms in total.